The molecule has 2 heteroatoms. The van der Waals surface area contributed by atoms with E-state index in [2.05, 4.69) is 6.07 Å². The molecule has 0 atom stereocenters. The van der Waals surface area contributed by atoms with Crippen molar-refractivity contribution in [3.05, 3.63) is 29.8 Å². The van der Waals surface area contributed by atoms with Crippen LogP contribution in [-0.2, 0) is 5.41 Å². The van der Waals surface area contributed by atoms with Gasteiger partial charge in [-0.3, -0.25) is 0 Å². The molecule has 58 valence electrons. The number of benzene rings is 1. The maximum Gasteiger partial charge on any atom is 0.113 e. The second-order valence-corrected chi connectivity index (χ2v) is 3.36. The Hall–Kier alpha value is -1.23. The first-order chi connectivity index (χ1) is 5.56. The van der Waals surface area contributed by atoms with Crippen molar-refractivity contribution in [3.63, 3.8) is 0 Å². The van der Waals surface area contributed by atoms with Gasteiger partial charge < -0.3 is 0 Å². The summed E-state index contributed by atoms with van der Waals surface area (Å²) >= 11 is 0. The van der Waals surface area contributed by atoms with E-state index in [-0.39, 0.29) is 0 Å². The Morgan fingerprint density at radius 3 is 2.17 bits per heavy atom. The van der Waals surface area contributed by atoms with Crippen LogP contribution in [0.1, 0.15) is 19.4 Å². The SMILES string of the molecule is [B]c1ccc(C(C)(C)C#N)cc1. The maximum absolute atomic E-state index is 8.84. The molecule has 1 aromatic rings. The fourth-order valence-electron chi connectivity index (χ4n) is 0.964. The minimum absolute atomic E-state index is 0.423. The Kier molecular flexibility index (Phi) is 2.24. The standard InChI is InChI=1S/C10H10BN/c1-10(2,7-12)8-3-5-9(11)6-4-8/h3-6H,1-2H3. The topological polar surface area (TPSA) is 23.8 Å². The van der Waals surface area contributed by atoms with Crippen LogP contribution in [0.5, 0.6) is 0 Å². The quantitative estimate of drug-likeness (QED) is 0.560. The Morgan fingerprint density at radius 2 is 1.75 bits per heavy atom. The van der Waals surface area contributed by atoms with Crippen LogP contribution in [0.25, 0.3) is 0 Å². The van der Waals surface area contributed by atoms with Crippen molar-refractivity contribution in [2.75, 3.05) is 0 Å². The molecule has 1 rings (SSSR count). The lowest BCUT2D eigenvalue weighted by Gasteiger charge is -2.15. The number of rotatable bonds is 1. The van der Waals surface area contributed by atoms with E-state index in [0.717, 1.165) is 11.0 Å². The monoisotopic (exact) mass is 155 g/mol. The first-order valence-corrected chi connectivity index (χ1v) is 3.83. The highest BCUT2D eigenvalue weighted by atomic mass is 14.3. The number of hydrogen-bond donors (Lipinski definition) is 0. The van der Waals surface area contributed by atoms with Crippen molar-refractivity contribution in [3.8, 4) is 6.07 Å². The predicted molar refractivity (Wildman–Crippen MR) is 50.5 cm³/mol. The lowest BCUT2D eigenvalue weighted by Crippen LogP contribution is -2.15. The van der Waals surface area contributed by atoms with Crippen LogP contribution in [-0.4, -0.2) is 7.85 Å². The lowest BCUT2D eigenvalue weighted by atomic mass is 9.84. The van der Waals surface area contributed by atoms with Gasteiger partial charge in [0.1, 0.15) is 7.85 Å². The first kappa shape index (κ1) is 8.87. The number of nitriles is 1. The van der Waals surface area contributed by atoms with Crippen LogP contribution in [0.4, 0.5) is 0 Å². The van der Waals surface area contributed by atoms with Crippen molar-refractivity contribution in [1.82, 2.24) is 0 Å². The van der Waals surface area contributed by atoms with Crippen LogP contribution in [0.2, 0.25) is 0 Å². The molecular formula is C10H10BN. The van der Waals surface area contributed by atoms with Crippen LogP contribution in [0.15, 0.2) is 24.3 Å². The van der Waals surface area contributed by atoms with Crippen molar-refractivity contribution in [1.29, 1.82) is 5.26 Å². The van der Waals surface area contributed by atoms with Crippen molar-refractivity contribution in [2.45, 2.75) is 19.3 Å². The highest BCUT2D eigenvalue weighted by Crippen LogP contribution is 2.20. The summed E-state index contributed by atoms with van der Waals surface area (Å²) in [7, 11) is 5.53. The van der Waals surface area contributed by atoms with E-state index in [1.165, 1.54) is 0 Å². The average molecular weight is 155 g/mol. The van der Waals surface area contributed by atoms with E-state index in [4.69, 9.17) is 13.1 Å². The van der Waals surface area contributed by atoms with Crippen LogP contribution in [0.3, 0.4) is 0 Å². The lowest BCUT2D eigenvalue weighted by molar-refractivity contribution is 0.687. The zero-order valence-corrected chi connectivity index (χ0v) is 7.33. The van der Waals surface area contributed by atoms with Crippen molar-refractivity contribution in [2.24, 2.45) is 0 Å². The second kappa shape index (κ2) is 3.02. The van der Waals surface area contributed by atoms with Gasteiger partial charge in [0.2, 0.25) is 0 Å². The minimum Gasteiger partial charge on any atom is -0.197 e. The summed E-state index contributed by atoms with van der Waals surface area (Å²) in [6.07, 6.45) is 0. The molecule has 0 aliphatic heterocycles. The summed E-state index contributed by atoms with van der Waals surface area (Å²) < 4.78 is 0. The third-order valence-electron chi connectivity index (χ3n) is 1.91. The number of nitrogens with zero attached hydrogens (tertiary/aromatic N) is 1. The maximum atomic E-state index is 8.84. The summed E-state index contributed by atoms with van der Waals surface area (Å²) in [5, 5.41) is 8.84. The molecule has 0 saturated carbocycles. The van der Waals surface area contributed by atoms with Gasteiger partial charge >= 0.3 is 0 Å². The van der Waals surface area contributed by atoms with Gasteiger partial charge in [-0.2, -0.15) is 5.26 Å². The molecule has 0 saturated heterocycles. The zero-order valence-electron chi connectivity index (χ0n) is 7.33. The Morgan fingerprint density at radius 1 is 1.25 bits per heavy atom. The molecule has 12 heavy (non-hydrogen) atoms. The Labute approximate surface area is 74.4 Å². The predicted octanol–water partition coefficient (Wildman–Crippen LogP) is 1.28. The summed E-state index contributed by atoms with van der Waals surface area (Å²) in [6.45, 7) is 3.77. The summed E-state index contributed by atoms with van der Waals surface area (Å²) in [6, 6.07) is 9.64. The van der Waals surface area contributed by atoms with Crippen molar-refractivity contribution < 1.29 is 0 Å². The second-order valence-electron chi connectivity index (χ2n) is 3.36. The van der Waals surface area contributed by atoms with Gasteiger partial charge in [-0.25, -0.2) is 0 Å². The van der Waals surface area contributed by atoms with Crippen LogP contribution < -0.4 is 5.46 Å². The smallest absolute Gasteiger partial charge is 0.113 e. The molecule has 0 spiro atoms. The molecule has 1 nitrogen and oxygen atoms in total. The molecule has 2 radical (unpaired) electrons. The molecule has 0 N–H and O–H groups in total. The van der Waals surface area contributed by atoms with Gasteiger partial charge in [-0.1, -0.05) is 29.7 Å². The minimum atomic E-state index is -0.423. The molecule has 0 aliphatic carbocycles. The van der Waals surface area contributed by atoms with Crippen molar-refractivity contribution >= 4 is 13.3 Å². The molecule has 0 fully saturated rings. The Bertz CT molecular complexity index is 306. The molecule has 0 aromatic heterocycles. The highest BCUT2D eigenvalue weighted by Gasteiger charge is 2.18. The first-order valence-electron chi connectivity index (χ1n) is 3.83. The van der Waals surface area contributed by atoms with Gasteiger partial charge in [0.15, 0.2) is 0 Å². The summed E-state index contributed by atoms with van der Waals surface area (Å²) in [5.74, 6) is 0. The van der Waals surface area contributed by atoms with E-state index < -0.39 is 5.41 Å². The van der Waals surface area contributed by atoms with Gasteiger partial charge in [0.05, 0.1) is 11.5 Å². The molecule has 0 unspecified atom stereocenters. The van der Waals surface area contributed by atoms with Crippen LogP contribution in [0, 0.1) is 11.3 Å². The largest absolute Gasteiger partial charge is 0.197 e. The third kappa shape index (κ3) is 1.68. The molecule has 0 heterocycles. The van der Waals surface area contributed by atoms with E-state index in [0.29, 0.717) is 0 Å². The fraction of sp³-hybridized carbons (Fsp3) is 0.300. The Balaban J connectivity index is 3.07. The van der Waals surface area contributed by atoms with E-state index in [1.54, 1.807) is 0 Å². The molecule has 0 aliphatic rings. The van der Waals surface area contributed by atoms with E-state index >= 15 is 0 Å². The highest BCUT2D eigenvalue weighted by molar-refractivity contribution is 6.32. The third-order valence-corrected chi connectivity index (χ3v) is 1.91. The van der Waals surface area contributed by atoms with Crippen LogP contribution >= 0.6 is 0 Å². The van der Waals surface area contributed by atoms with Gasteiger partial charge in [-0.15, -0.1) is 0 Å². The number of hydrogen-bond acceptors (Lipinski definition) is 1. The summed E-state index contributed by atoms with van der Waals surface area (Å²) in [4.78, 5) is 0. The molecule has 0 amide bonds. The van der Waals surface area contributed by atoms with Gasteiger partial charge in [0, 0.05) is 0 Å². The molecular weight excluding hydrogens is 145 g/mol. The average Bonchev–Trinajstić information content (AvgIpc) is 2.05. The fourth-order valence-corrected chi connectivity index (χ4v) is 0.964. The summed E-state index contributed by atoms with van der Waals surface area (Å²) in [5.41, 5.74) is 1.31. The van der Waals surface area contributed by atoms with Gasteiger partial charge in [-0.05, 0) is 19.4 Å². The molecule has 0 bridgehead atoms. The normalized spacial score (nSPS) is 10.8. The van der Waals surface area contributed by atoms with E-state index in [9.17, 15) is 0 Å². The zero-order chi connectivity index (χ0) is 9.19. The van der Waals surface area contributed by atoms with E-state index in [1.807, 2.05) is 38.1 Å². The molecule has 1 aromatic carbocycles. The van der Waals surface area contributed by atoms with Gasteiger partial charge in [0.25, 0.3) is 0 Å².